The van der Waals surface area contributed by atoms with Gasteiger partial charge in [0.2, 0.25) is 0 Å². The molecule has 2 aliphatic rings. The number of rotatable bonds is 2. The molecule has 1 aliphatic heterocycles. The van der Waals surface area contributed by atoms with Crippen LogP contribution in [-0.4, -0.2) is 18.3 Å². The first kappa shape index (κ1) is 12.8. The maximum absolute atomic E-state index is 10.8. The molecule has 0 amide bonds. The van der Waals surface area contributed by atoms with Gasteiger partial charge in [0.05, 0.1) is 18.8 Å². The van der Waals surface area contributed by atoms with Crippen LogP contribution in [0.1, 0.15) is 44.6 Å². The van der Waals surface area contributed by atoms with Gasteiger partial charge in [-0.15, -0.1) is 0 Å². The van der Waals surface area contributed by atoms with E-state index < -0.39 is 5.60 Å². The number of benzene rings is 1. The van der Waals surface area contributed by atoms with Gasteiger partial charge in [0.15, 0.2) is 11.5 Å². The van der Waals surface area contributed by atoms with Crippen LogP contribution in [0.5, 0.6) is 11.5 Å². The molecule has 3 rings (SSSR count). The smallest absolute Gasteiger partial charge is 0.161 e. The van der Waals surface area contributed by atoms with E-state index in [4.69, 9.17) is 9.47 Å². The zero-order valence-corrected chi connectivity index (χ0v) is 11.5. The first-order valence-electron chi connectivity index (χ1n) is 7.34. The zero-order chi connectivity index (χ0) is 13.3. The Morgan fingerprint density at radius 3 is 2.79 bits per heavy atom. The Hall–Kier alpha value is -1.22. The summed E-state index contributed by atoms with van der Waals surface area (Å²) in [6, 6.07) is 5.90. The van der Waals surface area contributed by atoms with Crippen LogP contribution in [0.15, 0.2) is 18.2 Å². The lowest BCUT2D eigenvalue weighted by Crippen LogP contribution is -2.21. The summed E-state index contributed by atoms with van der Waals surface area (Å²) in [5, 5.41) is 10.8. The van der Waals surface area contributed by atoms with Gasteiger partial charge in [-0.3, -0.25) is 0 Å². The van der Waals surface area contributed by atoms with Crippen molar-refractivity contribution in [3.8, 4) is 11.5 Å². The lowest BCUT2D eigenvalue weighted by Gasteiger charge is -2.24. The standard InChI is InChI=1S/C16H22O3/c1-2-12-6-7-16(17,11-12)13-4-5-14-15(10-13)19-9-3-8-18-14/h4-5,10,12,17H,2-3,6-9,11H2,1H3. The van der Waals surface area contributed by atoms with Crippen molar-refractivity contribution in [1.29, 1.82) is 0 Å². The van der Waals surface area contributed by atoms with Gasteiger partial charge in [-0.1, -0.05) is 19.4 Å². The lowest BCUT2D eigenvalue weighted by molar-refractivity contribution is 0.0395. The molecule has 1 fully saturated rings. The molecule has 1 N–H and O–H groups in total. The molecule has 1 aliphatic carbocycles. The van der Waals surface area contributed by atoms with Crippen molar-refractivity contribution in [3.63, 3.8) is 0 Å². The Morgan fingerprint density at radius 2 is 2.05 bits per heavy atom. The Balaban J connectivity index is 1.87. The predicted molar refractivity (Wildman–Crippen MR) is 73.6 cm³/mol. The molecule has 0 spiro atoms. The van der Waals surface area contributed by atoms with Crippen LogP contribution in [0.25, 0.3) is 0 Å². The molecule has 104 valence electrons. The van der Waals surface area contributed by atoms with Crippen molar-refractivity contribution < 1.29 is 14.6 Å². The van der Waals surface area contributed by atoms with E-state index >= 15 is 0 Å². The highest BCUT2D eigenvalue weighted by atomic mass is 16.5. The summed E-state index contributed by atoms with van der Waals surface area (Å²) in [6.45, 7) is 3.59. The lowest BCUT2D eigenvalue weighted by atomic mass is 9.90. The highest BCUT2D eigenvalue weighted by Crippen LogP contribution is 2.45. The summed E-state index contributed by atoms with van der Waals surface area (Å²) in [7, 11) is 0. The number of fused-ring (bicyclic) bond motifs is 1. The van der Waals surface area contributed by atoms with Gasteiger partial charge < -0.3 is 14.6 Å². The summed E-state index contributed by atoms with van der Waals surface area (Å²) < 4.78 is 11.3. The molecule has 3 heteroatoms. The number of hydrogen-bond donors (Lipinski definition) is 1. The third-order valence-electron chi connectivity index (χ3n) is 4.45. The van der Waals surface area contributed by atoms with E-state index in [0.29, 0.717) is 19.1 Å². The van der Waals surface area contributed by atoms with Crippen molar-refractivity contribution in [2.75, 3.05) is 13.2 Å². The predicted octanol–water partition coefficient (Wildman–Crippen LogP) is 3.25. The molecule has 1 aromatic carbocycles. The van der Waals surface area contributed by atoms with Crippen molar-refractivity contribution in [2.45, 2.75) is 44.6 Å². The van der Waals surface area contributed by atoms with Gasteiger partial charge in [-0.25, -0.2) is 0 Å². The summed E-state index contributed by atoms with van der Waals surface area (Å²) in [4.78, 5) is 0. The van der Waals surface area contributed by atoms with Crippen molar-refractivity contribution in [1.82, 2.24) is 0 Å². The second kappa shape index (κ2) is 5.04. The number of ether oxygens (including phenoxy) is 2. The fourth-order valence-electron chi connectivity index (χ4n) is 3.19. The van der Waals surface area contributed by atoms with E-state index in [0.717, 1.165) is 49.2 Å². The molecule has 3 nitrogen and oxygen atoms in total. The molecule has 0 bridgehead atoms. The van der Waals surface area contributed by atoms with Crippen LogP contribution in [0.3, 0.4) is 0 Å². The van der Waals surface area contributed by atoms with Gasteiger partial charge in [0.25, 0.3) is 0 Å². The molecule has 0 saturated heterocycles. The Morgan fingerprint density at radius 1 is 1.26 bits per heavy atom. The fraction of sp³-hybridized carbons (Fsp3) is 0.625. The highest BCUT2D eigenvalue weighted by molar-refractivity contribution is 5.45. The second-order valence-electron chi connectivity index (χ2n) is 5.76. The van der Waals surface area contributed by atoms with E-state index in [2.05, 4.69) is 6.92 Å². The van der Waals surface area contributed by atoms with E-state index in [9.17, 15) is 5.11 Å². The van der Waals surface area contributed by atoms with E-state index in [-0.39, 0.29) is 0 Å². The van der Waals surface area contributed by atoms with Gasteiger partial charge in [-0.05, 0) is 42.9 Å². The highest BCUT2D eigenvalue weighted by Gasteiger charge is 2.38. The number of aliphatic hydroxyl groups is 1. The minimum atomic E-state index is -0.675. The van der Waals surface area contributed by atoms with E-state index in [1.165, 1.54) is 0 Å². The van der Waals surface area contributed by atoms with Gasteiger partial charge in [0, 0.05) is 6.42 Å². The van der Waals surface area contributed by atoms with Crippen LogP contribution in [0.4, 0.5) is 0 Å². The molecule has 1 aromatic rings. The summed E-state index contributed by atoms with van der Waals surface area (Å²) >= 11 is 0. The Bertz CT molecular complexity index is 457. The Kier molecular flexibility index (Phi) is 3.40. The van der Waals surface area contributed by atoms with Crippen molar-refractivity contribution in [2.24, 2.45) is 5.92 Å². The topological polar surface area (TPSA) is 38.7 Å². The van der Waals surface area contributed by atoms with Crippen molar-refractivity contribution >= 4 is 0 Å². The van der Waals surface area contributed by atoms with Gasteiger partial charge in [0.1, 0.15) is 0 Å². The van der Waals surface area contributed by atoms with E-state index in [1.54, 1.807) is 0 Å². The monoisotopic (exact) mass is 262 g/mol. The number of hydrogen-bond acceptors (Lipinski definition) is 3. The van der Waals surface area contributed by atoms with Crippen molar-refractivity contribution in [3.05, 3.63) is 23.8 Å². The zero-order valence-electron chi connectivity index (χ0n) is 11.5. The molecule has 2 unspecified atom stereocenters. The average Bonchev–Trinajstić information content (AvgIpc) is 2.68. The minimum Gasteiger partial charge on any atom is -0.490 e. The van der Waals surface area contributed by atoms with Crippen LogP contribution in [0.2, 0.25) is 0 Å². The van der Waals surface area contributed by atoms with E-state index in [1.807, 2.05) is 18.2 Å². The third-order valence-corrected chi connectivity index (χ3v) is 4.45. The second-order valence-corrected chi connectivity index (χ2v) is 5.76. The largest absolute Gasteiger partial charge is 0.490 e. The summed E-state index contributed by atoms with van der Waals surface area (Å²) in [5.74, 6) is 2.22. The molecular formula is C16H22O3. The first-order valence-corrected chi connectivity index (χ1v) is 7.34. The van der Waals surface area contributed by atoms with Gasteiger partial charge in [-0.2, -0.15) is 0 Å². The van der Waals surface area contributed by atoms with Crippen LogP contribution in [-0.2, 0) is 5.60 Å². The quantitative estimate of drug-likeness (QED) is 0.889. The summed E-state index contributed by atoms with van der Waals surface area (Å²) in [5.41, 5.74) is 0.304. The molecule has 19 heavy (non-hydrogen) atoms. The van der Waals surface area contributed by atoms with Crippen LogP contribution >= 0.6 is 0 Å². The molecule has 2 atom stereocenters. The SMILES string of the molecule is CCC1CCC(O)(c2ccc3c(c2)OCCCO3)C1. The molecule has 0 radical (unpaired) electrons. The average molecular weight is 262 g/mol. The minimum absolute atomic E-state index is 0.640. The van der Waals surface area contributed by atoms with Crippen LogP contribution < -0.4 is 9.47 Å². The molecule has 0 aromatic heterocycles. The maximum Gasteiger partial charge on any atom is 0.161 e. The van der Waals surface area contributed by atoms with Gasteiger partial charge >= 0.3 is 0 Å². The maximum atomic E-state index is 10.8. The van der Waals surface area contributed by atoms with Crippen LogP contribution in [0, 0.1) is 5.92 Å². The first-order chi connectivity index (χ1) is 9.21. The molecule has 1 saturated carbocycles. The third kappa shape index (κ3) is 2.44. The Labute approximate surface area is 114 Å². The molecule has 1 heterocycles. The summed E-state index contributed by atoms with van der Waals surface area (Å²) in [6.07, 6.45) is 4.88. The fourth-order valence-corrected chi connectivity index (χ4v) is 3.19. The molecular weight excluding hydrogens is 240 g/mol. The normalized spacial score (nSPS) is 30.1.